The Morgan fingerprint density at radius 3 is 2.58 bits per heavy atom. The molecule has 1 aliphatic heterocycles. The van der Waals surface area contributed by atoms with E-state index >= 15 is 0 Å². The number of ether oxygens (including phenoxy) is 2. The molecular weight excluding hydrogens is 248 g/mol. The van der Waals surface area contributed by atoms with Crippen molar-refractivity contribution in [1.29, 1.82) is 0 Å². The van der Waals surface area contributed by atoms with E-state index in [-0.39, 0.29) is 23.4 Å². The van der Waals surface area contributed by atoms with Gasteiger partial charge in [0.1, 0.15) is 17.4 Å². The van der Waals surface area contributed by atoms with Gasteiger partial charge in [-0.1, -0.05) is 6.92 Å². The fourth-order valence-electron chi connectivity index (χ4n) is 2.51. The second-order valence-electron chi connectivity index (χ2n) is 4.74. The first-order valence-electron chi connectivity index (χ1n) is 6.03. The quantitative estimate of drug-likeness (QED) is 0.770. The lowest BCUT2D eigenvalue weighted by Crippen LogP contribution is -2.32. The number of carboxylic acid groups (broad SMARTS) is 1. The van der Waals surface area contributed by atoms with Crippen LogP contribution in [-0.4, -0.2) is 30.1 Å². The number of methoxy groups -OCH3 is 1. The molecule has 0 aromatic rings. The van der Waals surface area contributed by atoms with Gasteiger partial charge in [0.25, 0.3) is 0 Å². The summed E-state index contributed by atoms with van der Waals surface area (Å²) in [5.41, 5.74) is 1.49. The Morgan fingerprint density at radius 2 is 2.05 bits per heavy atom. The molecule has 1 aliphatic carbocycles. The Labute approximate surface area is 111 Å². The van der Waals surface area contributed by atoms with Crippen molar-refractivity contribution in [2.24, 2.45) is 5.92 Å². The number of ketones is 1. The van der Waals surface area contributed by atoms with Crippen molar-refractivity contribution in [2.45, 2.75) is 26.9 Å². The molecule has 5 heteroatoms. The first-order chi connectivity index (χ1) is 8.90. The minimum absolute atomic E-state index is 0.00412. The van der Waals surface area contributed by atoms with Gasteiger partial charge in [-0.25, -0.2) is 4.79 Å². The molecule has 0 spiro atoms. The van der Waals surface area contributed by atoms with Gasteiger partial charge in [0.2, 0.25) is 0 Å². The smallest absolute Gasteiger partial charge is 0.343 e. The molecule has 19 heavy (non-hydrogen) atoms. The lowest BCUT2D eigenvalue weighted by Gasteiger charge is -2.34. The molecule has 0 aromatic carbocycles. The van der Waals surface area contributed by atoms with Crippen molar-refractivity contribution in [1.82, 2.24) is 0 Å². The van der Waals surface area contributed by atoms with Gasteiger partial charge in [-0.05, 0) is 19.4 Å². The van der Waals surface area contributed by atoms with E-state index in [2.05, 4.69) is 0 Å². The predicted octanol–water partition coefficient (Wildman–Crippen LogP) is 1.81. The van der Waals surface area contributed by atoms with Crippen molar-refractivity contribution < 1.29 is 24.2 Å². The number of aliphatic carboxylic acids is 1. The van der Waals surface area contributed by atoms with Crippen molar-refractivity contribution in [3.63, 3.8) is 0 Å². The molecule has 5 nitrogen and oxygen atoms in total. The minimum Gasteiger partial charge on any atom is -0.497 e. The highest BCUT2D eigenvalue weighted by atomic mass is 16.5. The summed E-state index contributed by atoms with van der Waals surface area (Å²) in [6, 6.07) is 0. The summed E-state index contributed by atoms with van der Waals surface area (Å²) in [5.74, 6) is -1.69. The maximum atomic E-state index is 12.2. The van der Waals surface area contributed by atoms with Gasteiger partial charge < -0.3 is 14.6 Å². The number of hydrogen-bond acceptors (Lipinski definition) is 4. The van der Waals surface area contributed by atoms with Crippen LogP contribution < -0.4 is 0 Å². The van der Waals surface area contributed by atoms with Crippen LogP contribution in [0.25, 0.3) is 0 Å². The van der Waals surface area contributed by atoms with Crippen molar-refractivity contribution in [2.75, 3.05) is 7.11 Å². The van der Waals surface area contributed by atoms with E-state index in [0.29, 0.717) is 11.1 Å². The van der Waals surface area contributed by atoms with Crippen LogP contribution >= 0.6 is 0 Å². The summed E-state index contributed by atoms with van der Waals surface area (Å²) in [6.07, 6.45) is 1.42. The Hall–Kier alpha value is -2.04. The first kappa shape index (κ1) is 13.4. The van der Waals surface area contributed by atoms with E-state index in [1.54, 1.807) is 6.92 Å². The van der Waals surface area contributed by atoms with Gasteiger partial charge >= 0.3 is 5.97 Å². The van der Waals surface area contributed by atoms with Gasteiger partial charge in [0, 0.05) is 11.5 Å². The van der Waals surface area contributed by atoms with Gasteiger partial charge in [0.15, 0.2) is 5.78 Å². The number of fused-ring (bicyclic) bond motifs is 1. The summed E-state index contributed by atoms with van der Waals surface area (Å²) in [5, 5.41) is 9.19. The highest BCUT2D eigenvalue weighted by Gasteiger charge is 2.39. The minimum atomic E-state index is -1.28. The molecule has 0 amide bonds. The standard InChI is InChI=1S/C14H16O5/c1-6-8(3)19-5-9-10(6)7(2)12(15)11(14(16)17)13(9)18-4/h5-6,8H,1-4H3,(H,16,17). The zero-order valence-electron chi connectivity index (χ0n) is 11.3. The molecule has 2 aliphatic rings. The summed E-state index contributed by atoms with van der Waals surface area (Å²) in [7, 11) is 1.35. The summed E-state index contributed by atoms with van der Waals surface area (Å²) in [6.45, 7) is 5.50. The summed E-state index contributed by atoms with van der Waals surface area (Å²) < 4.78 is 10.6. The molecule has 1 N–H and O–H groups in total. The van der Waals surface area contributed by atoms with Crippen molar-refractivity contribution in [3.05, 3.63) is 34.3 Å². The third-order valence-electron chi connectivity index (χ3n) is 3.71. The zero-order chi connectivity index (χ0) is 14.3. The van der Waals surface area contributed by atoms with Crippen molar-refractivity contribution in [3.8, 4) is 0 Å². The first-order valence-corrected chi connectivity index (χ1v) is 6.03. The number of Topliss-reactive ketones (excluding diaryl/α,β-unsaturated/α-hetero) is 1. The number of carboxylic acids is 1. The Balaban J connectivity index is 2.69. The van der Waals surface area contributed by atoms with E-state index in [0.717, 1.165) is 5.57 Å². The van der Waals surface area contributed by atoms with Crippen LogP contribution in [0.3, 0.4) is 0 Å². The van der Waals surface area contributed by atoms with Crippen LogP contribution in [0.4, 0.5) is 0 Å². The molecule has 0 fully saturated rings. The number of allylic oxidation sites excluding steroid dienone is 2. The molecule has 1 heterocycles. The average molecular weight is 264 g/mol. The number of hydrogen-bond donors (Lipinski definition) is 1. The molecule has 2 rings (SSSR count). The van der Waals surface area contributed by atoms with E-state index < -0.39 is 11.8 Å². The molecule has 0 saturated heterocycles. The van der Waals surface area contributed by atoms with Crippen LogP contribution in [0, 0.1) is 5.92 Å². The average Bonchev–Trinajstić information content (AvgIpc) is 2.36. The lowest BCUT2D eigenvalue weighted by molar-refractivity contribution is -0.134. The van der Waals surface area contributed by atoms with Crippen LogP contribution in [0.2, 0.25) is 0 Å². The SMILES string of the molecule is COC1=C(C(=O)O)C(=O)C(C)=C2C1=COC(C)C2C. The fourth-order valence-corrected chi connectivity index (χ4v) is 2.51. The van der Waals surface area contributed by atoms with E-state index in [4.69, 9.17) is 9.47 Å². The van der Waals surface area contributed by atoms with Crippen LogP contribution in [0.15, 0.2) is 34.3 Å². The third kappa shape index (κ3) is 1.85. The predicted molar refractivity (Wildman–Crippen MR) is 67.2 cm³/mol. The molecule has 0 bridgehead atoms. The topological polar surface area (TPSA) is 72.8 Å². The number of carbonyl (C=O) groups excluding carboxylic acids is 1. The molecule has 2 unspecified atom stereocenters. The van der Waals surface area contributed by atoms with Gasteiger partial charge in [-0.2, -0.15) is 0 Å². The highest BCUT2D eigenvalue weighted by molar-refractivity contribution is 6.25. The largest absolute Gasteiger partial charge is 0.497 e. The molecule has 102 valence electrons. The molecule has 0 aromatic heterocycles. The maximum Gasteiger partial charge on any atom is 0.343 e. The Morgan fingerprint density at radius 1 is 1.42 bits per heavy atom. The fraction of sp³-hybridized carbons (Fsp3) is 0.429. The van der Waals surface area contributed by atoms with Crippen LogP contribution in [-0.2, 0) is 19.1 Å². The van der Waals surface area contributed by atoms with E-state index in [9.17, 15) is 14.7 Å². The van der Waals surface area contributed by atoms with Gasteiger partial charge in [-0.15, -0.1) is 0 Å². The Bertz CT molecular complexity index is 550. The van der Waals surface area contributed by atoms with Gasteiger partial charge in [-0.3, -0.25) is 4.79 Å². The second-order valence-corrected chi connectivity index (χ2v) is 4.74. The Kier molecular flexibility index (Phi) is 3.22. The normalized spacial score (nSPS) is 26.7. The molecule has 0 saturated carbocycles. The lowest BCUT2D eigenvalue weighted by atomic mass is 9.78. The second kappa shape index (κ2) is 4.57. The van der Waals surface area contributed by atoms with E-state index in [1.807, 2.05) is 13.8 Å². The summed E-state index contributed by atoms with van der Waals surface area (Å²) in [4.78, 5) is 23.4. The van der Waals surface area contributed by atoms with Crippen LogP contribution in [0.5, 0.6) is 0 Å². The zero-order valence-corrected chi connectivity index (χ0v) is 11.3. The molecular formula is C14H16O5. The molecule has 2 atom stereocenters. The van der Waals surface area contributed by atoms with Crippen molar-refractivity contribution >= 4 is 11.8 Å². The third-order valence-corrected chi connectivity index (χ3v) is 3.71. The van der Waals surface area contributed by atoms with Crippen LogP contribution in [0.1, 0.15) is 20.8 Å². The van der Waals surface area contributed by atoms with Gasteiger partial charge in [0.05, 0.1) is 18.9 Å². The number of rotatable bonds is 2. The van der Waals surface area contributed by atoms with E-state index in [1.165, 1.54) is 13.4 Å². The maximum absolute atomic E-state index is 12.2. The number of carbonyl (C=O) groups is 2. The summed E-state index contributed by atoms with van der Waals surface area (Å²) >= 11 is 0. The monoisotopic (exact) mass is 264 g/mol. The molecule has 0 radical (unpaired) electrons. The highest BCUT2D eigenvalue weighted by Crippen LogP contribution is 2.41.